The summed E-state index contributed by atoms with van der Waals surface area (Å²) in [5.41, 5.74) is 6.77. The van der Waals surface area contributed by atoms with Crippen LogP contribution in [0.4, 0.5) is 0 Å². The topological polar surface area (TPSA) is 62.3 Å². The van der Waals surface area contributed by atoms with Crippen LogP contribution in [-0.2, 0) is 4.74 Å². The Morgan fingerprint density at radius 2 is 2.24 bits per heavy atom. The molecule has 94 valence electrons. The molecule has 4 heteroatoms. The van der Waals surface area contributed by atoms with Gasteiger partial charge in [0.05, 0.1) is 12.7 Å². The molecule has 0 amide bonds. The number of nitrogens with two attached hydrogens (primary N) is 1. The molecule has 0 aromatic rings. The van der Waals surface area contributed by atoms with Crippen LogP contribution in [0.5, 0.6) is 0 Å². The summed E-state index contributed by atoms with van der Waals surface area (Å²) in [6, 6.07) is 2.33. The second-order valence-electron chi connectivity index (χ2n) is 4.44. The van der Waals surface area contributed by atoms with Gasteiger partial charge in [0.15, 0.2) is 0 Å². The van der Waals surface area contributed by atoms with Gasteiger partial charge in [-0.2, -0.15) is 5.26 Å². The van der Waals surface area contributed by atoms with Crippen molar-refractivity contribution in [3.05, 3.63) is 23.9 Å². The highest BCUT2D eigenvalue weighted by molar-refractivity contribution is 5.34. The lowest BCUT2D eigenvalue weighted by Crippen LogP contribution is -2.50. The molecule has 0 aromatic carbocycles. The molecule has 1 aliphatic rings. The van der Waals surface area contributed by atoms with Gasteiger partial charge in [-0.1, -0.05) is 12.7 Å². The van der Waals surface area contributed by atoms with Gasteiger partial charge in [0.2, 0.25) is 0 Å². The Hall–Kier alpha value is -1.31. The lowest BCUT2D eigenvalue weighted by Gasteiger charge is -2.35. The number of hydrogen-bond donors (Lipinski definition) is 1. The first-order valence-corrected chi connectivity index (χ1v) is 5.89. The van der Waals surface area contributed by atoms with E-state index in [0.29, 0.717) is 12.3 Å². The van der Waals surface area contributed by atoms with E-state index in [-0.39, 0.29) is 0 Å². The predicted octanol–water partition coefficient (Wildman–Crippen LogP) is 1.41. The SMILES string of the molecule is C=C/C(C)=C(/N)C(C)(C#N)N1CCCOCC1. The Labute approximate surface area is 103 Å². The van der Waals surface area contributed by atoms with Crippen molar-refractivity contribution in [1.82, 2.24) is 4.90 Å². The molecule has 1 heterocycles. The van der Waals surface area contributed by atoms with Crippen molar-refractivity contribution in [3.8, 4) is 6.07 Å². The molecule has 1 rings (SSSR count). The molecule has 17 heavy (non-hydrogen) atoms. The van der Waals surface area contributed by atoms with E-state index in [1.807, 2.05) is 13.8 Å². The molecule has 1 fully saturated rings. The normalized spacial score (nSPS) is 22.9. The van der Waals surface area contributed by atoms with Gasteiger partial charge in [0, 0.05) is 25.4 Å². The Morgan fingerprint density at radius 3 is 2.82 bits per heavy atom. The summed E-state index contributed by atoms with van der Waals surface area (Å²) in [6.07, 6.45) is 2.62. The summed E-state index contributed by atoms with van der Waals surface area (Å²) in [5.74, 6) is 0. The first kappa shape index (κ1) is 13.8. The molecule has 0 spiro atoms. The maximum atomic E-state index is 9.46. The molecule has 0 saturated carbocycles. The van der Waals surface area contributed by atoms with Crippen molar-refractivity contribution >= 4 is 0 Å². The molecule has 0 bridgehead atoms. The zero-order chi connectivity index (χ0) is 12.9. The highest BCUT2D eigenvalue weighted by Gasteiger charge is 2.35. The monoisotopic (exact) mass is 235 g/mol. The molecular formula is C13H21N3O. The molecule has 1 unspecified atom stereocenters. The lowest BCUT2D eigenvalue weighted by molar-refractivity contribution is 0.127. The van der Waals surface area contributed by atoms with E-state index in [1.54, 1.807) is 6.08 Å². The Balaban J connectivity index is 3.02. The van der Waals surface area contributed by atoms with Gasteiger partial charge in [-0.3, -0.25) is 4.90 Å². The van der Waals surface area contributed by atoms with Crippen molar-refractivity contribution in [2.45, 2.75) is 25.8 Å². The van der Waals surface area contributed by atoms with Crippen molar-refractivity contribution in [2.24, 2.45) is 5.73 Å². The molecular weight excluding hydrogens is 214 g/mol. The fraction of sp³-hybridized carbons (Fsp3) is 0.615. The van der Waals surface area contributed by atoms with Crippen molar-refractivity contribution in [2.75, 3.05) is 26.3 Å². The van der Waals surface area contributed by atoms with Crippen LogP contribution < -0.4 is 5.73 Å². The van der Waals surface area contributed by atoms with Crippen LogP contribution in [0.25, 0.3) is 0 Å². The number of ether oxygens (including phenoxy) is 1. The van der Waals surface area contributed by atoms with Crippen LogP contribution in [0.1, 0.15) is 20.3 Å². The average Bonchev–Trinajstić information content (AvgIpc) is 2.65. The first-order chi connectivity index (χ1) is 8.06. The van der Waals surface area contributed by atoms with Crippen LogP contribution in [-0.4, -0.2) is 36.7 Å². The molecule has 4 nitrogen and oxygen atoms in total. The van der Waals surface area contributed by atoms with E-state index in [0.717, 1.165) is 31.7 Å². The average molecular weight is 235 g/mol. The number of nitriles is 1. The zero-order valence-electron chi connectivity index (χ0n) is 10.7. The summed E-state index contributed by atoms with van der Waals surface area (Å²) in [5, 5.41) is 9.46. The highest BCUT2D eigenvalue weighted by Crippen LogP contribution is 2.24. The smallest absolute Gasteiger partial charge is 0.146 e. The minimum atomic E-state index is -0.772. The van der Waals surface area contributed by atoms with E-state index in [4.69, 9.17) is 10.5 Å². The van der Waals surface area contributed by atoms with Gasteiger partial charge in [-0.05, 0) is 25.8 Å². The quantitative estimate of drug-likeness (QED) is 0.751. The number of nitrogens with zero attached hydrogens (tertiary/aromatic N) is 2. The molecule has 1 saturated heterocycles. The molecule has 1 aliphatic heterocycles. The van der Waals surface area contributed by atoms with Gasteiger partial charge in [0.1, 0.15) is 5.54 Å². The van der Waals surface area contributed by atoms with E-state index >= 15 is 0 Å². The summed E-state index contributed by atoms with van der Waals surface area (Å²) in [7, 11) is 0. The number of allylic oxidation sites excluding steroid dienone is 2. The third-order valence-corrected chi connectivity index (χ3v) is 3.33. The summed E-state index contributed by atoms with van der Waals surface area (Å²) in [4.78, 5) is 2.09. The Kier molecular flexibility index (Phi) is 4.73. The third kappa shape index (κ3) is 2.87. The largest absolute Gasteiger partial charge is 0.399 e. The first-order valence-electron chi connectivity index (χ1n) is 5.89. The Bertz CT molecular complexity index is 348. The standard InChI is InChI=1S/C13H21N3O/c1-4-11(2)12(15)13(3,10-14)16-6-5-8-17-9-7-16/h4H,1,5-9,15H2,2-3H3/b12-11+. The zero-order valence-corrected chi connectivity index (χ0v) is 10.7. The highest BCUT2D eigenvalue weighted by atomic mass is 16.5. The van der Waals surface area contributed by atoms with Crippen LogP contribution >= 0.6 is 0 Å². The summed E-state index contributed by atoms with van der Waals surface area (Å²) < 4.78 is 5.40. The maximum Gasteiger partial charge on any atom is 0.146 e. The summed E-state index contributed by atoms with van der Waals surface area (Å²) in [6.45, 7) is 10.4. The van der Waals surface area contributed by atoms with Gasteiger partial charge < -0.3 is 10.5 Å². The minimum Gasteiger partial charge on any atom is -0.399 e. The van der Waals surface area contributed by atoms with Crippen LogP contribution in [0.2, 0.25) is 0 Å². The van der Waals surface area contributed by atoms with E-state index < -0.39 is 5.54 Å². The van der Waals surface area contributed by atoms with E-state index in [1.165, 1.54) is 0 Å². The predicted molar refractivity (Wildman–Crippen MR) is 68.1 cm³/mol. The van der Waals surface area contributed by atoms with Gasteiger partial charge in [-0.25, -0.2) is 0 Å². The van der Waals surface area contributed by atoms with Gasteiger partial charge >= 0.3 is 0 Å². The molecule has 1 atom stereocenters. The van der Waals surface area contributed by atoms with E-state index in [2.05, 4.69) is 17.5 Å². The number of hydrogen-bond acceptors (Lipinski definition) is 4. The minimum absolute atomic E-state index is 0.580. The number of rotatable bonds is 3. The van der Waals surface area contributed by atoms with Crippen LogP contribution in [0.3, 0.4) is 0 Å². The third-order valence-electron chi connectivity index (χ3n) is 3.33. The molecule has 0 radical (unpaired) electrons. The molecule has 2 N–H and O–H groups in total. The second kappa shape index (κ2) is 5.85. The maximum absolute atomic E-state index is 9.46. The fourth-order valence-electron chi connectivity index (χ4n) is 1.99. The Morgan fingerprint density at radius 1 is 1.53 bits per heavy atom. The van der Waals surface area contributed by atoms with Crippen molar-refractivity contribution in [3.63, 3.8) is 0 Å². The molecule has 0 aliphatic carbocycles. The van der Waals surface area contributed by atoms with Crippen LogP contribution in [0.15, 0.2) is 23.9 Å². The second-order valence-corrected chi connectivity index (χ2v) is 4.44. The summed E-state index contributed by atoms with van der Waals surface area (Å²) >= 11 is 0. The van der Waals surface area contributed by atoms with Crippen molar-refractivity contribution in [1.29, 1.82) is 5.26 Å². The molecule has 0 aromatic heterocycles. The van der Waals surface area contributed by atoms with Gasteiger partial charge in [-0.15, -0.1) is 0 Å². The fourth-order valence-corrected chi connectivity index (χ4v) is 1.99. The van der Waals surface area contributed by atoms with Crippen LogP contribution in [0, 0.1) is 11.3 Å². The van der Waals surface area contributed by atoms with Crippen molar-refractivity contribution < 1.29 is 4.74 Å². The van der Waals surface area contributed by atoms with E-state index in [9.17, 15) is 5.26 Å². The lowest BCUT2D eigenvalue weighted by atomic mass is 9.93. The van der Waals surface area contributed by atoms with Gasteiger partial charge in [0.25, 0.3) is 0 Å².